The number of aliphatic imine (C=N–C) groups is 1. The highest BCUT2D eigenvalue weighted by Gasteiger charge is 2.09. The van der Waals surface area contributed by atoms with Crippen LogP contribution >= 0.6 is 0 Å². The quantitative estimate of drug-likeness (QED) is 0.643. The Kier molecular flexibility index (Phi) is 3.05. The van der Waals surface area contributed by atoms with E-state index in [-0.39, 0.29) is 5.91 Å². The van der Waals surface area contributed by atoms with Gasteiger partial charge in [0.1, 0.15) is 17.3 Å². The van der Waals surface area contributed by atoms with E-state index in [1.165, 1.54) is 6.92 Å². The van der Waals surface area contributed by atoms with Crippen molar-refractivity contribution < 1.29 is 9.53 Å². The van der Waals surface area contributed by atoms with Gasteiger partial charge in [0, 0.05) is 13.3 Å². The van der Waals surface area contributed by atoms with Gasteiger partial charge in [0.15, 0.2) is 0 Å². The zero-order valence-electron chi connectivity index (χ0n) is 8.99. The summed E-state index contributed by atoms with van der Waals surface area (Å²) in [5.74, 6) is 1.31. The molecule has 0 fully saturated rings. The van der Waals surface area contributed by atoms with Crippen molar-refractivity contribution in [1.82, 2.24) is 10.9 Å². The first-order valence-corrected chi connectivity index (χ1v) is 5.08. The van der Waals surface area contributed by atoms with Crippen LogP contribution < -0.4 is 15.6 Å². The normalized spacial score (nSPS) is 13.9. The van der Waals surface area contributed by atoms with Gasteiger partial charge in [0.05, 0.1) is 6.61 Å². The summed E-state index contributed by atoms with van der Waals surface area (Å²) in [4.78, 5) is 15.1. The van der Waals surface area contributed by atoms with Crippen LogP contribution in [0.15, 0.2) is 29.3 Å². The number of hydrazine groups is 1. The molecular formula is C11H13N3O2. The van der Waals surface area contributed by atoms with Crippen molar-refractivity contribution in [1.29, 1.82) is 0 Å². The molecule has 0 radical (unpaired) electrons. The number of nitrogens with one attached hydrogen (secondary N) is 2. The zero-order chi connectivity index (χ0) is 11.4. The van der Waals surface area contributed by atoms with Crippen LogP contribution in [-0.4, -0.2) is 18.3 Å². The average Bonchev–Trinajstić information content (AvgIpc) is 2.47. The highest BCUT2D eigenvalue weighted by atomic mass is 16.5. The number of carbonyl (C=O) groups is 1. The van der Waals surface area contributed by atoms with Crippen LogP contribution in [0.3, 0.4) is 0 Å². The summed E-state index contributed by atoms with van der Waals surface area (Å²) < 4.78 is 5.52. The number of benzene rings is 1. The molecule has 0 bridgehead atoms. The van der Waals surface area contributed by atoms with Gasteiger partial charge in [0.2, 0.25) is 5.91 Å². The van der Waals surface area contributed by atoms with Crippen LogP contribution in [0.5, 0.6) is 5.75 Å². The third-order valence-corrected chi connectivity index (χ3v) is 2.10. The minimum atomic E-state index is -0.152. The maximum atomic E-state index is 10.8. The van der Waals surface area contributed by atoms with Crippen molar-refractivity contribution in [3.8, 4) is 5.75 Å². The summed E-state index contributed by atoms with van der Waals surface area (Å²) in [6.45, 7) is 1.98. The maximum Gasteiger partial charge on any atom is 0.235 e. The molecule has 2 N–H and O–H groups in total. The molecule has 0 aromatic heterocycles. The van der Waals surface area contributed by atoms with Crippen LogP contribution in [0.25, 0.3) is 0 Å². The SMILES string of the molecule is CC(=O)NNC1=Nc2ccccc2OCC1. The number of amidine groups is 1. The van der Waals surface area contributed by atoms with Crippen molar-refractivity contribution >= 4 is 17.4 Å². The van der Waals surface area contributed by atoms with Gasteiger partial charge in [-0.15, -0.1) is 0 Å². The first kappa shape index (κ1) is 10.5. The molecule has 0 aliphatic carbocycles. The molecule has 1 amide bonds. The lowest BCUT2D eigenvalue weighted by atomic mass is 10.3. The Labute approximate surface area is 93.5 Å². The molecule has 0 atom stereocenters. The van der Waals surface area contributed by atoms with Crippen LogP contribution in [-0.2, 0) is 4.79 Å². The Hall–Kier alpha value is -2.04. The van der Waals surface area contributed by atoms with Crippen molar-refractivity contribution in [2.24, 2.45) is 4.99 Å². The lowest BCUT2D eigenvalue weighted by Gasteiger charge is -2.06. The lowest BCUT2D eigenvalue weighted by molar-refractivity contribution is -0.119. The molecule has 16 heavy (non-hydrogen) atoms. The summed E-state index contributed by atoms with van der Waals surface area (Å²) in [6, 6.07) is 7.55. The number of carbonyl (C=O) groups excluding carboxylic acids is 1. The number of hydrogen-bond acceptors (Lipinski definition) is 4. The summed E-state index contributed by atoms with van der Waals surface area (Å²) in [7, 11) is 0. The molecule has 5 heteroatoms. The molecule has 1 aromatic carbocycles. The molecule has 1 heterocycles. The highest BCUT2D eigenvalue weighted by molar-refractivity contribution is 5.88. The fourth-order valence-electron chi connectivity index (χ4n) is 1.38. The van der Waals surface area contributed by atoms with Gasteiger partial charge in [-0.3, -0.25) is 15.6 Å². The summed E-state index contributed by atoms with van der Waals surface area (Å²) in [6.07, 6.45) is 0.634. The molecule has 84 valence electrons. The topological polar surface area (TPSA) is 62.7 Å². The summed E-state index contributed by atoms with van der Waals surface area (Å²) in [5, 5.41) is 0. The third-order valence-electron chi connectivity index (χ3n) is 2.10. The van der Waals surface area contributed by atoms with Crippen LogP contribution in [0.1, 0.15) is 13.3 Å². The Bertz CT molecular complexity index is 429. The van der Waals surface area contributed by atoms with Crippen molar-refractivity contribution in [3.05, 3.63) is 24.3 Å². The second-order valence-electron chi connectivity index (χ2n) is 3.43. The number of amides is 1. The zero-order valence-corrected chi connectivity index (χ0v) is 8.99. The van der Waals surface area contributed by atoms with E-state index in [2.05, 4.69) is 15.8 Å². The van der Waals surface area contributed by atoms with Gasteiger partial charge in [0.25, 0.3) is 0 Å². The predicted octanol–water partition coefficient (Wildman–Crippen LogP) is 1.14. The Morgan fingerprint density at radius 2 is 2.25 bits per heavy atom. The molecular weight excluding hydrogens is 206 g/mol. The van der Waals surface area contributed by atoms with E-state index in [1.807, 2.05) is 24.3 Å². The van der Waals surface area contributed by atoms with Gasteiger partial charge in [-0.05, 0) is 12.1 Å². The van der Waals surface area contributed by atoms with E-state index < -0.39 is 0 Å². The number of fused-ring (bicyclic) bond motifs is 1. The number of para-hydroxylation sites is 2. The smallest absolute Gasteiger partial charge is 0.235 e. The molecule has 0 saturated carbocycles. The molecule has 5 nitrogen and oxygen atoms in total. The predicted molar refractivity (Wildman–Crippen MR) is 60.6 cm³/mol. The van der Waals surface area contributed by atoms with Crippen LogP contribution in [0.2, 0.25) is 0 Å². The van der Waals surface area contributed by atoms with E-state index in [4.69, 9.17) is 4.74 Å². The Balaban J connectivity index is 2.16. The van der Waals surface area contributed by atoms with Gasteiger partial charge in [-0.25, -0.2) is 4.99 Å². The standard InChI is InChI=1S/C11H13N3O2/c1-8(15)13-14-11-6-7-16-10-5-3-2-4-9(10)12-11/h2-5H,6-7H2,1H3,(H,12,14)(H,13,15). The van der Waals surface area contributed by atoms with Crippen molar-refractivity contribution in [2.45, 2.75) is 13.3 Å². The molecule has 0 unspecified atom stereocenters. The fourth-order valence-corrected chi connectivity index (χ4v) is 1.38. The monoisotopic (exact) mass is 219 g/mol. The first-order valence-electron chi connectivity index (χ1n) is 5.08. The van der Waals surface area contributed by atoms with Crippen molar-refractivity contribution in [2.75, 3.05) is 6.61 Å². The minimum absolute atomic E-state index is 0.152. The number of hydrogen-bond donors (Lipinski definition) is 2. The molecule has 1 aromatic rings. The molecule has 1 aliphatic heterocycles. The minimum Gasteiger partial charge on any atom is -0.491 e. The molecule has 0 spiro atoms. The van der Waals surface area contributed by atoms with Gasteiger partial charge in [-0.2, -0.15) is 0 Å². The average molecular weight is 219 g/mol. The van der Waals surface area contributed by atoms with Gasteiger partial charge >= 0.3 is 0 Å². The number of ether oxygens (including phenoxy) is 1. The van der Waals surface area contributed by atoms with E-state index in [9.17, 15) is 4.79 Å². The van der Waals surface area contributed by atoms with Crippen molar-refractivity contribution in [3.63, 3.8) is 0 Å². The Morgan fingerprint density at radius 1 is 1.44 bits per heavy atom. The van der Waals surface area contributed by atoms with Crippen LogP contribution in [0.4, 0.5) is 5.69 Å². The highest BCUT2D eigenvalue weighted by Crippen LogP contribution is 2.28. The fraction of sp³-hybridized carbons (Fsp3) is 0.273. The van der Waals surface area contributed by atoms with E-state index in [1.54, 1.807) is 0 Å². The lowest BCUT2D eigenvalue weighted by Crippen LogP contribution is -2.40. The van der Waals surface area contributed by atoms with E-state index >= 15 is 0 Å². The number of rotatable bonds is 0. The number of nitrogens with zero attached hydrogens (tertiary/aromatic N) is 1. The van der Waals surface area contributed by atoms with Crippen LogP contribution in [0, 0.1) is 0 Å². The van der Waals surface area contributed by atoms with E-state index in [0.717, 1.165) is 11.4 Å². The molecule has 1 aliphatic rings. The third kappa shape index (κ3) is 2.50. The first-order chi connectivity index (χ1) is 7.75. The second kappa shape index (κ2) is 4.65. The second-order valence-corrected chi connectivity index (χ2v) is 3.43. The largest absolute Gasteiger partial charge is 0.491 e. The van der Waals surface area contributed by atoms with Gasteiger partial charge in [-0.1, -0.05) is 12.1 Å². The summed E-state index contributed by atoms with van der Waals surface area (Å²) >= 11 is 0. The molecule has 0 saturated heterocycles. The van der Waals surface area contributed by atoms with Gasteiger partial charge < -0.3 is 4.74 Å². The maximum absolute atomic E-state index is 10.8. The Morgan fingerprint density at radius 3 is 3.06 bits per heavy atom. The van der Waals surface area contributed by atoms with E-state index in [0.29, 0.717) is 18.9 Å². The molecule has 2 rings (SSSR count). The summed E-state index contributed by atoms with van der Waals surface area (Å²) in [5.41, 5.74) is 6.04.